The predicted octanol–water partition coefficient (Wildman–Crippen LogP) is 5.76. The van der Waals surface area contributed by atoms with Gasteiger partial charge in [-0.1, -0.05) is 59.8 Å². The monoisotopic (exact) mass is 360 g/mol. The van der Waals surface area contributed by atoms with Crippen molar-refractivity contribution in [2.45, 2.75) is 23.9 Å². The maximum absolute atomic E-state index is 12.7. The van der Waals surface area contributed by atoms with E-state index in [0.29, 0.717) is 16.3 Å². The Morgan fingerprint density at radius 1 is 0.920 bits per heavy atom. The Kier molecular flexibility index (Phi) is 5.08. The summed E-state index contributed by atoms with van der Waals surface area (Å²) in [5, 5.41) is 9.03. The van der Waals surface area contributed by atoms with Crippen molar-refractivity contribution in [3.8, 4) is 11.3 Å². The van der Waals surface area contributed by atoms with Gasteiger partial charge in [-0.15, -0.1) is 10.2 Å². The first-order valence-electron chi connectivity index (χ1n) is 7.61. The van der Waals surface area contributed by atoms with Crippen LogP contribution in [0.5, 0.6) is 0 Å². The predicted molar refractivity (Wildman–Crippen MR) is 93.2 cm³/mol. The number of halogens is 3. The fourth-order valence-electron chi connectivity index (χ4n) is 2.27. The van der Waals surface area contributed by atoms with Crippen LogP contribution < -0.4 is 0 Å². The zero-order chi connectivity index (χ0) is 17.9. The second-order valence-electron chi connectivity index (χ2n) is 5.61. The van der Waals surface area contributed by atoms with Crippen LogP contribution in [0.25, 0.3) is 11.3 Å². The standard InChI is InChI=1S/C19H15F3N2S/c1-13-5-7-15(8-6-13)17-9-10-18(24-23-17)25-12-14-3-2-4-16(11-14)19(20,21)22/h2-11H,12H2,1H3. The van der Waals surface area contributed by atoms with Crippen molar-refractivity contribution in [3.05, 3.63) is 77.4 Å². The molecule has 0 amide bonds. The molecule has 0 aliphatic rings. The van der Waals surface area contributed by atoms with Crippen LogP contribution in [0.2, 0.25) is 0 Å². The molecule has 0 aliphatic carbocycles. The summed E-state index contributed by atoms with van der Waals surface area (Å²) >= 11 is 1.36. The molecule has 128 valence electrons. The maximum atomic E-state index is 12.7. The summed E-state index contributed by atoms with van der Waals surface area (Å²) in [6, 6.07) is 17.0. The Hall–Kier alpha value is -2.34. The quantitative estimate of drug-likeness (QED) is 0.553. The molecule has 1 heterocycles. The van der Waals surface area contributed by atoms with Gasteiger partial charge in [-0.3, -0.25) is 0 Å². The number of aromatic nitrogens is 2. The Balaban J connectivity index is 1.67. The van der Waals surface area contributed by atoms with Gasteiger partial charge in [-0.2, -0.15) is 13.2 Å². The second-order valence-corrected chi connectivity index (χ2v) is 6.61. The average molecular weight is 360 g/mol. The van der Waals surface area contributed by atoms with Crippen LogP contribution in [0.15, 0.2) is 65.7 Å². The van der Waals surface area contributed by atoms with Crippen molar-refractivity contribution in [1.29, 1.82) is 0 Å². The van der Waals surface area contributed by atoms with Gasteiger partial charge in [0.2, 0.25) is 0 Å². The first-order chi connectivity index (χ1) is 11.9. The van der Waals surface area contributed by atoms with Gasteiger partial charge in [0.05, 0.1) is 11.3 Å². The summed E-state index contributed by atoms with van der Waals surface area (Å²) in [7, 11) is 0. The van der Waals surface area contributed by atoms with Crippen molar-refractivity contribution in [1.82, 2.24) is 10.2 Å². The van der Waals surface area contributed by atoms with E-state index in [1.54, 1.807) is 6.07 Å². The van der Waals surface area contributed by atoms with Gasteiger partial charge in [0.1, 0.15) is 5.03 Å². The van der Waals surface area contributed by atoms with Crippen LogP contribution in [-0.4, -0.2) is 10.2 Å². The van der Waals surface area contributed by atoms with Gasteiger partial charge >= 0.3 is 6.18 Å². The highest BCUT2D eigenvalue weighted by atomic mass is 32.2. The van der Waals surface area contributed by atoms with Gasteiger partial charge in [0, 0.05) is 11.3 Å². The lowest BCUT2D eigenvalue weighted by Crippen LogP contribution is -2.04. The molecule has 0 aliphatic heterocycles. The molecule has 0 radical (unpaired) electrons. The normalized spacial score (nSPS) is 11.5. The minimum absolute atomic E-state index is 0.405. The van der Waals surface area contributed by atoms with Crippen LogP contribution in [0.1, 0.15) is 16.7 Å². The lowest BCUT2D eigenvalue weighted by Gasteiger charge is -2.08. The van der Waals surface area contributed by atoms with Gasteiger partial charge in [0.15, 0.2) is 0 Å². The van der Waals surface area contributed by atoms with E-state index in [4.69, 9.17) is 0 Å². The summed E-state index contributed by atoms with van der Waals surface area (Å²) in [6.45, 7) is 2.02. The minimum atomic E-state index is -4.32. The molecule has 2 nitrogen and oxygen atoms in total. The van der Waals surface area contributed by atoms with Crippen LogP contribution in [-0.2, 0) is 11.9 Å². The van der Waals surface area contributed by atoms with Crippen LogP contribution in [0.4, 0.5) is 13.2 Å². The van der Waals surface area contributed by atoms with E-state index < -0.39 is 11.7 Å². The Labute approximate surface area is 148 Å². The third-order valence-electron chi connectivity index (χ3n) is 3.63. The molecule has 3 rings (SSSR count). The van der Waals surface area contributed by atoms with Crippen LogP contribution >= 0.6 is 11.8 Å². The van der Waals surface area contributed by atoms with E-state index in [1.807, 2.05) is 43.3 Å². The smallest absolute Gasteiger partial charge is 0.166 e. The molecule has 0 fully saturated rings. The number of nitrogens with zero attached hydrogens (tertiary/aromatic N) is 2. The summed E-state index contributed by atoms with van der Waals surface area (Å²) in [4.78, 5) is 0. The fraction of sp³-hybridized carbons (Fsp3) is 0.158. The molecule has 0 atom stereocenters. The van der Waals surface area contributed by atoms with Gasteiger partial charge in [-0.05, 0) is 30.7 Å². The molecular weight excluding hydrogens is 345 g/mol. The molecule has 0 spiro atoms. The van der Waals surface area contributed by atoms with Crippen LogP contribution in [0, 0.1) is 6.92 Å². The third kappa shape index (κ3) is 4.60. The first-order valence-corrected chi connectivity index (χ1v) is 8.60. The zero-order valence-electron chi connectivity index (χ0n) is 13.4. The van der Waals surface area contributed by atoms with Crippen LogP contribution in [0.3, 0.4) is 0 Å². The molecule has 0 saturated heterocycles. The Morgan fingerprint density at radius 3 is 2.32 bits per heavy atom. The van der Waals surface area contributed by atoms with Gasteiger partial charge in [0.25, 0.3) is 0 Å². The third-order valence-corrected chi connectivity index (χ3v) is 4.62. The highest BCUT2D eigenvalue weighted by Gasteiger charge is 2.30. The van der Waals surface area contributed by atoms with E-state index in [2.05, 4.69) is 10.2 Å². The molecule has 1 aromatic heterocycles. The highest BCUT2D eigenvalue weighted by Crippen LogP contribution is 2.31. The molecule has 25 heavy (non-hydrogen) atoms. The molecular formula is C19H15F3N2S. The largest absolute Gasteiger partial charge is 0.416 e. The van der Waals surface area contributed by atoms with Crippen molar-refractivity contribution in [3.63, 3.8) is 0 Å². The zero-order valence-corrected chi connectivity index (χ0v) is 14.2. The summed E-state index contributed by atoms with van der Waals surface area (Å²) in [6.07, 6.45) is -4.32. The van der Waals surface area contributed by atoms with E-state index in [9.17, 15) is 13.2 Å². The summed E-state index contributed by atoms with van der Waals surface area (Å²) in [5.41, 5.74) is 2.89. The number of alkyl halides is 3. The molecule has 0 unspecified atom stereocenters. The van der Waals surface area contributed by atoms with E-state index in [0.717, 1.165) is 17.3 Å². The van der Waals surface area contributed by atoms with Crippen molar-refractivity contribution in [2.75, 3.05) is 0 Å². The molecule has 6 heteroatoms. The number of aryl methyl sites for hydroxylation is 1. The molecule has 3 aromatic rings. The summed E-state index contributed by atoms with van der Waals surface area (Å²) < 4.78 is 38.2. The molecule has 0 saturated carbocycles. The number of hydrogen-bond donors (Lipinski definition) is 0. The van der Waals surface area contributed by atoms with Crippen molar-refractivity contribution < 1.29 is 13.2 Å². The van der Waals surface area contributed by atoms with Gasteiger partial charge < -0.3 is 0 Å². The minimum Gasteiger partial charge on any atom is -0.166 e. The average Bonchev–Trinajstić information content (AvgIpc) is 2.61. The molecule has 0 N–H and O–H groups in total. The fourth-order valence-corrected chi connectivity index (χ4v) is 3.03. The maximum Gasteiger partial charge on any atom is 0.416 e. The lowest BCUT2D eigenvalue weighted by molar-refractivity contribution is -0.137. The Bertz CT molecular complexity index is 844. The summed E-state index contributed by atoms with van der Waals surface area (Å²) in [5.74, 6) is 0.405. The second kappa shape index (κ2) is 7.27. The first kappa shape index (κ1) is 17.5. The molecule has 2 aromatic carbocycles. The van der Waals surface area contributed by atoms with E-state index >= 15 is 0 Å². The number of benzene rings is 2. The van der Waals surface area contributed by atoms with Crippen molar-refractivity contribution >= 4 is 11.8 Å². The van der Waals surface area contributed by atoms with E-state index in [-0.39, 0.29) is 0 Å². The lowest BCUT2D eigenvalue weighted by atomic mass is 10.1. The highest BCUT2D eigenvalue weighted by molar-refractivity contribution is 7.98. The van der Waals surface area contributed by atoms with Gasteiger partial charge in [-0.25, -0.2) is 0 Å². The molecule has 0 bridgehead atoms. The van der Waals surface area contributed by atoms with Crippen molar-refractivity contribution in [2.24, 2.45) is 0 Å². The topological polar surface area (TPSA) is 25.8 Å². The number of rotatable bonds is 4. The number of thioether (sulfide) groups is 1. The SMILES string of the molecule is Cc1ccc(-c2ccc(SCc3cccc(C(F)(F)F)c3)nn2)cc1. The van der Waals surface area contributed by atoms with E-state index in [1.165, 1.54) is 29.5 Å². The number of hydrogen-bond acceptors (Lipinski definition) is 3. The Morgan fingerprint density at radius 2 is 1.68 bits per heavy atom.